The molecule has 0 radical (unpaired) electrons. The lowest BCUT2D eigenvalue weighted by Gasteiger charge is -2.30. The van der Waals surface area contributed by atoms with Gasteiger partial charge in [-0.15, -0.1) is 0 Å². The van der Waals surface area contributed by atoms with Crippen molar-refractivity contribution < 1.29 is 9.53 Å². The molecule has 1 aromatic rings. The third kappa shape index (κ3) is 3.77. The van der Waals surface area contributed by atoms with Crippen molar-refractivity contribution in [2.75, 3.05) is 20.2 Å². The molecule has 0 aromatic carbocycles. The fourth-order valence-corrected chi connectivity index (χ4v) is 2.63. The molecule has 0 aliphatic carbocycles. The van der Waals surface area contributed by atoms with Gasteiger partial charge < -0.3 is 4.74 Å². The Labute approximate surface area is 114 Å². The molecule has 1 saturated heterocycles. The predicted molar refractivity (Wildman–Crippen MR) is 74.2 cm³/mol. The minimum Gasteiger partial charge on any atom is -0.497 e. The topological polar surface area (TPSA) is 42.4 Å². The van der Waals surface area contributed by atoms with Gasteiger partial charge in [0.05, 0.1) is 12.8 Å². The average molecular weight is 262 g/mol. The number of hydrogen-bond acceptors (Lipinski definition) is 4. The highest BCUT2D eigenvalue weighted by Crippen LogP contribution is 2.20. The molecule has 0 spiro atoms. The van der Waals surface area contributed by atoms with Crippen LogP contribution in [0.4, 0.5) is 0 Å². The van der Waals surface area contributed by atoms with Gasteiger partial charge in [-0.2, -0.15) is 0 Å². The fourth-order valence-electron chi connectivity index (χ4n) is 2.63. The Morgan fingerprint density at radius 3 is 2.68 bits per heavy atom. The van der Waals surface area contributed by atoms with Crippen LogP contribution in [0.3, 0.4) is 0 Å². The minimum absolute atomic E-state index is 0.260. The lowest BCUT2D eigenvalue weighted by molar-refractivity contribution is -0.122. The summed E-state index contributed by atoms with van der Waals surface area (Å²) in [5.41, 5.74) is 2.02. The van der Waals surface area contributed by atoms with E-state index in [9.17, 15) is 4.79 Å². The first-order chi connectivity index (χ1) is 9.08. The van der Waals surface area contributed by atoms with Crippen LogP contribution in [-0.4, -0.2) is 35.9 Å². The van der Waals surface area contributed by atoms with Crippen LogP contribution in [0.5, 0.6) is 5.75 Å². The Hall–Kier alpha value is -1.42. The van der Waals surface area contributed by atoms with Crippen molar-refractivity contribution in [1.29, 1.82) is 0 Å². The smallest absolute Gasteiger partial charge is 0.133 e. The van der Waals surface area contributed by atoms with E-state index in [1.54, 1.807) is 14.0 Å². The van der Waals surface area contributed by atoms with Crippen LogP contribution >= 0.6 is 0 Å². The first-order valence-electron chi connectivity index (χ1n) is 6.83. The SMILES string of the molecule is COc1cc(C)nc(CN2CCC(C(C)=O)CC2)c1. The van der Waals surface area contributed by atoms with E-state index in [0.29, 0.717) is 5.78 Å². The monoisotopic (exact) mass is 262 g/mol. The molecule has 0 N–H and O–H groups in total. The normalized spacial score (nSPS) is 17.4. The van der Waals surface area contributed by atoms with E-state index in [4.69, 9.17) is 4.74 Å². The Kier molecular flexibility index (Phi) is 4.53. The van der Waals surface area contributed by atoms with Crippen LogP contribution in [0.25, 0.3) is 0 Å². The highest BCUT2D eigenvalue weighted by molar-refractivity contribution is 5.78. The maximum absolute atomic E-state index is 11.3. The number of aryl methyl sites for hydroxylation is 1. The van der Waals surface area contributed by atoms with E-state index >= 15 is 0 Å². The maximum Gasteiger partial charge on any atom is 0.133 e. The van der Waals surface area contributed by atoms with Gasteiger partial charge in [0.2, 0.25) is 0 Å². The van der Waals surface area contributed by atoms with Crippen molar-refractivity contribution in [1.82, 2.24) is 9.88 Å². The molecule has 2 rings (SSSR count). The quantitative estimate of drug-likeness (QED) is 0.834. The van der Waals surface area contributed by atoms with Crippen molar-refractivity contribution in [3.63, 3.8) is 0 Å². The molecule has 0 bridgehead atoms. The molecule has 1 aromatic heterocycles. The summed E-state index contributed by atoms with van der Waals surface area (Å²) in [4.78, 5) is 18.2. The van der Waals surface area contributed by atoms with Crippen LogP contribution in [0.15, 0.2) is 12.1 Å². The summed E-state index contributed by atoms with van der Waals surface area (Å²) in [6, 6.07) is 3.93. The van der Waals surface area contributed by atoms with Gasteiger partial charge in [0.1, 0.15) is 11.5 Å². The van der Waals surface area contributed by atoms with Crippen LogP contribution in [0, 0.1) is 12.8 Å². The zero-order chi connectivity index (χ0) is 13.8. The number of rotatable bonds is 4. The van der Waals surface area contributed by atoms with Gasteiger partial charge in [-0.1, -0.05) is 0 Å². The molecule has 1 aliphatic rings. The van der Waals surface area contributed by atoms with Gasteiger partial charge in [-0.25, -0.2) is 0 Å². The van der Waals surface area contributed by atoms with E-state index in [1.165, 1.54) is 0 Å². The molecule has 2 heterocycles. The Balaban J connectivity index is 1.95. The van der Waals surface area contributed by atoms with E-state index < -0.39 is 0 Å². The number of carbonyl (C=O) groups excluding carboxylic acids is 1. The molecule has 1 fully saturated rings. The number of ketones is 1. The van der Waals surface area contributed by atoms with E-state index in [-0.39, 0.29) is 5.92 Å². The van der Waals surface area contributed by atoms with Crippen molar-refractivity contribution in [3.8, 4) is 5.75 Å². The summed E-state index contributed by atoms with van der Waals surface area (Å²) < 4.78 is 5.27. The molecule has 1 aliphatic heterocycles. The number of likely N-dealkylation sites (tertiary alicyclic amines) is 1. The van der Waals surface area contributed by atoms with Crippen LogP contribution in [-0.2, 0) is 11.3 Å². The van der Waals surface area contributed by atoms with Gasteiger partial charge in [0.15, 0.2) is 0 Å². The van der Waals surface area contributed by atoms with Crippen molar-refractivity contribution in [2.45, 2.75) is 33.2 Å². The van der Waals surface area contributed by atoms with Crippen LogP contribution < -0.4 is 4.74 Å². The van der Waals surface area contributed by atoms with Gasteiger partial charge in [0.25, 0.3) is 0 Å². The Morgan fingerprint density at radius 2 is 2.11 bits per heavy atom. The van der Waals surface area contributed by atoms with Gasteiger partial charge in [-0.05, 0) is 39.8 Å². The van der Waals surface area contributed by atoms with Gasteiger partial charge >= 0.3 is 0 Å². The van der Waals surface area contributed by atoms with Gasteiger partial charge in [0, 0.05) is 30.3 Å². The second-order valence-electron chi connectivity index (χ2n) is 5.30. The number of carbonyl (C=O) groups is 1. The van der Waals surface area contributed by atoms with E-state index in [0.717, 1.165) is 49.6 Å². The Bertz CT molecular complexity index is 451. The lowest BCUT2D eigenvalue weighted by atomic mass is 9.93. The maximum atomic E-state index is 11.3. The second kappa shape index (κ2) is 6.15. The first kappa shape index (κ1) is 14.0. The number of pyridine rings is 1. The standard InChI is InChI=1S/C15H22N2O2/c1-11-8-15(19-3)9-14(16-11)10-17-6-4-13(5-7-17)12(2)18/h8-9,13H,4-7,10H2,1-3H3. The van der Waals surface area contributed by atoms with Gasteiger partial charge in [-0.3, -0.25) is 14.7 Å². The number of methoxy groups -OCH3 is 1. The number of piperidine rings is 1. The predicted octanol–water partition coefficient (Wildman–Crippen LogP) is 2.20. The highest BCUT2D eigenvalue weighted by Gasteiger charge is 2.22. The largest absolute Gasteiger partial charge is 0.497 e. The molecule has 4 heteroatoms. The third-order valence-corrected chi connectivity index (χ3v) is 3.76. The summed E-state index contributed by atoms with van der Waals surface area (Å²) in [7, 11) is 1.68. The highest BCUT2D eigenvalue weighted by atomic mass is 16.5. The van der Waals surface area contributed by atoms with Crippen LogP contribution in [0.2, 0.25) is 0 Å². The molecule has 4 nitrogen and oxygen atoms in total. The molecule has 0 amide bonds. The van der Waals surface area contributed by atoms with Crippen molar-refractivity contribution in [2.24, 2.45) is 5.92 Å². The summed E-state index contributed by atoms with van der Waals surface area (Å²) in [5, 5.41) is 0. The number of Topliss-reactive ketones (excluding diaryl/α,β-unsaturated/α-hetero) is 1. The van der Waals surface area contributed by atoms with Crippen molar-refractivity contribution >= 4 is 5.78 Å². The number of ether oxygens (including phenoxy) is 1. The number of nitrogens with zero attached hydrogens (tertiary/aromatic N) is 2. The zero-order valence-electron chi connectivity index (χ0n) is 12.0. The molecule has 19 heavy (non-hydrogen) atoms. The fraction of sp³-hybridized carbons (Fsp3) is 0.600. The molecule has 104 valence electrons. The average Bonchev–Trinajstić information content (AvgIpc) is 2.38. The summed E-state index contributed by atoms with van der Waals surface area (Å²) in [6.45, 7) is 6.47. The van der Waals surface area contributed by atoms with E-state index in [1.807, 2.05) is 19.1 Å². The second-order valence-corrected chi connectivity index (χ2v) is 5.30. The number of hydrogen-bond donors (Lipinski definition) is 0. The molecule has 0 atom stereocenters. The zero-order valence-corrected chi connectivity index (χ0v) is 12.0. The lowest BCUT2D eigenvalue weighted by Crippen LogP contribution is -2.35. The van der Waals surface area contributed by atoms with E-state index in [2.05, 4.69) is 9.88 Å². The minimum atomic E-state index is 0.260. The first-order valence-corrected chi connectivity index (χ1v) is 6.83. The molecule has 0 saturated carbocycles. The summed E-state index contributed by atoms with van der Waals surface area (Å²) >= 11 is 0. The summed E-state index contributed by atoms with van der Waals surface area (Å²) in [5.74, 6) is 1.45. The molecular formula is C15H22N2O2. The van der Waals surface area contributed by atoms with Crippen LogP contribution in [0.1, 0.15) is 31.2 Å². The Morgan fingerprint density at radius 1 is 1.42 bits per heavy atom. The van der Waals surface area contributed by atoms with Crippen molar-refractivity contribution in [3.05, 3.63) is 23.5 Å². The number of aromatic nitrogens is 1. The molecular weight excluding hydrogens is 240 g/mol. The third-order valence-electron chi connectivity index (χ3n) is 3.76. The summed E-state index contributed by atoms with van der Waals surface area (Å²) in [6.07, 6.45) is 1.94. The molecule has 0 unspecified atom stereocenters.